The van der Waals surface area contributed by atoms with Crippen molar-refractivity contribution >= 4 is 0 Å². The Balaban J connectivity index is 2.99. The molecule has 0 fully saturated rings. The molecule has 0 radical (unpaired) electrons. The van der Waals surface area contributed by atoms with Crippen molar-refractivity contribution in [3.05, 3.63) is 0 Å². The van der Waals surface area contributed by atoms with Crippen LogP contribution in [0.5, 0.6) is 0 Å². The summed E-state index contributed by atoms with van der Waals surface area (Å²) in [5.41, 5.74) is 0. The van der Waals surface area contributed by atoms with Crippen LogP contribution in [0.15, 0.2) is 0 Å². The third kappa shape index (κ3) is 22.0. The Morgan fingerprint density at radius 3 is 0.923 bits per heavy atom. The van der Waals surface area contributed by atoms with Gasteiger partial charge in [-0.15, -0.1) is 0 Å². The van der Waals surface area contributed by atoms with Crippen molar-refractivity contribution in [2.45, 2.75) is 162 Å². The molecule has 0 bridgehead atoms. The van der Waals surface area contributed by atoms with Gasteiger partial charge in [0, 0.05) is 0 Å². The van der Waals surface area contributed by atoms with E-state index in [1.54, 1.807) is 0 Å². The maximum atomic E-state index is 2.40. The van der Waals surface area contributed by atoms with Gasteiger partial charge >= 0.3 is 0 Å². The fourth-order valence-electron chi connectivity index (χ4n) is 3.95. The summed E-state index contributed by atoms with van der Waals surface area (Å²) in [5.74, 6) is 0.950. The molecule has 0 aliphatic rings. The molecule has 0 saturated carbocycles. The minimum absolute atomic E-state index is 0.950. The van der Waals surface area contributed by atoms with Crippen LogP contribution in [-0.4, -0.2) is 0 Å². The standard InChI is InChI=1S/C26H54/c1-4-6-7-8-9-10-11-12-13-14-15-16-17-18-19-20-21-22-23-24-25-26(3)5-2/h26H,4-25H2,1-3H3/t26-/m0/s1. The van der Waals surface area contributed by atoms with Gasteiger partial charge in [0.15, 0.2) is 0 Å². The van der Waals surface area contributed by atoms with Gasteiger partial charge in [0.05, 0.1) is 0 Å². The van der Waals surface area contributed by atoms with Crippen LogP contribution in [0, 0.1) is 5.92 Å². The van der Waals surface area contributed by atoms with Crippen molar-refractivity contribution in [1.82, 2.24) is 0 Å². The zero-order valence-electron chi connectivity index (χ0n) is 19.1. The van der Waals surface area contributed by atoms with E-state index in [4.69, 9.17) is 0 Å². The molecule has 0 aromatic carbocycles. The van der Waals surface area contributed by atoms with Crippen LogP contribution < -0.4 is 0 Å². The Hall–Kier alpha value is 0. The van der Waals surface area contributed by atoms with Crippen molar-refractivity contribution in [3.8, 4) is 0 Å². The molecule has 0 N–H and O–H groups in total. The first kappa shape index (κ1) is 26.0. The van der Waals surface area contributed by atoms with Crippen LogP contribution in [0.3, 0.4) is 0 Å². The molecule has 0 nitrogen and oxygen atoms in total. The van der Waals surface area contributed by atoms with E-state index in [0.29, 0.717) is 0 Å². The number of rotatable bonds is 22. The van der Waals surface area contributed by atoms with E-state index in [-0.39, 0.29) is 0 Å². The Labute approximate surface area is 168 Å². The van der Waals surface area contributed by atoms with Gasteiger partial charge in [-0.05, 0) is 5.92 Å². The molecule has 0 saturated heterocycles. The Kier molecular flexibility index (Phi) is 23.0. The van der Waals surface area contributed by atoms with Gasteiger partial charge in [-0.1, -0.05) is 162 Å². The summed E-state index contributed by atoms with van der Waals surface area (Å²) < 4.78 is 0. The summed E-state index contributed by atoms with van der Waals surface area (Å²) in [6.45, 7) is 7.02. The van der Waals surface area contributed by atoms with Crippen molar-refractivity contribution < 1.29 is 0 Å². The van der Waals surface area contributed by atoms with Gasteiger partial charge in [-0.3, -0.25) is 0 Å². The van der Waals surface area contributed by atoms with E-state index in [2.05, 4.69) is 20.8 Å². The molecule has 0 aliphatic carbocycles. The average molecular weight is 367 g/mol. The predicted octanol–water partition coefficient (Wildman–Crippen LogP) is 10.2. The smallest absolute Gasteiger partial charge is 0.0445 e. The molecular formula is C26H54. The summed E-state index contributed by atoms with van der Waals surface area (Å²) >= 11 is 0. The van der Waals surface area contributed by atoms with E-state index in [9.17, 15) is 0 Å². The van der Waals surface area contributed by atoms with Gasteiger partial charge in [0.25, 0.3) is 0 Å². The molecule has 0 spiro atoms. The molecule has 0 unspecified atom stereocenters. The molecular weight excluding hydrogens is 312 g/mol. The van der Waals surface area contributed by atoms with Crippen molar-refractivity contribution in [3.63, 3.8) is 0 Å². The van der Waals surface area contributed by atoms with Crippen LogP contribution in [0.1, 0.15) is 162 Å². The first-order chi connectivity index (χ1) is 12.8. The highest BCUT2D eigenvalue weighted by atomic mass is 14.0. The van der Waals surface area contributed by atoms with E-state index in [1.165, 1.54) is 141 Å². The van der Waals surface area contributed by atoms with Crippen LogP contribution in [0.4, 0.5) is 0 Å². The average Bonchev–Trinajstić information content (AvgIpc) is 2.66. The van der Waals surface area contributed by atoms with Gasteiger partial charge in [-0.2, -0.15) is 0 Å². The minimum Gasteiger partial charge on any atom is -0.0654 e. The topological polar surface area (TPSA) is 0 Å². The van der Waals surface area contributed by atoms with Crippen LogP contribution in [0.2, 0.25) is 0 Å². The third-order valence-electron chi connectivity index (χ3n) is 6.25. The van der Waals surface area contributed by atoms with E-state index in [0.717, 1.165) is 5.92 Å². The van der Waals surface area contributed by atoms with E-state index < -0.39 is 0 Å². The lowest BCUT2D eigenvalue weighted by Crippen LogP contribution is -1.91. The summed E-state index contributed by atoms with van der Waals surface area (Å²) in [6, 6.07) is 0. The Bertz CT molecular complexity index is 232. The first-order valence-corrected chi connectivity index (χ1v) is 12.8. The maximum Gasteiger partial charge on any atom is -0.0445 e. The molecule has 26 heavy (non-hydrogen) atoms. The molecule has 0 heterocycles. The van der Waals surface area contributed by atoms with Gasteiger partial charge in [0.1, 0.15) is 0 Å². The van der Waals surface area contributed by atoms with Gasteiger partial charge in [-0.25, -0.2) is 0 Å². The zero-order chi connectivity index (χ0) is 19.1. The Morgan fingerprint density at radius 1 is 0.385 bits per heavy atom. The molecule has 0 aromatic heterocycles. The first-order valence-electron chi connectivity index (χ1n) is 12.8. The van der Waals surface area contributed by atoms with Crippen LogP contribution in [0.25, 0.3) is 0 Å². The minimum atomic E-state index is 0.950. The van der Waals surface area contributed by atoms with Crippen LogP contribution >= 0.6 is 0 Å². The molecule has 1 atom stereocenters. The quantitative estimate of drug-likeness (QED) is 0.167. The second-order valence-corrected chi connectivity index (χ2v) is 9.02. The number of unbranched alkanes of at least 4 members (excludes halogenated alkanes) is 19. The van der Waals surface area contributed by atoms with E-state index in [1.807, 2.05) is 0 Å². The largest absolute Gasteiger partial charge is 0.0654 e. The lowest BCUT2D eigenvalue weighted by molar-refractivity contribution is 0.468. The summed E-state index contributed by atoms with van der Waals surface area (Å²) in [7, 11) is 0. The zero-order valence-corrected chi connectivity index (χ0v) is 19.1. The highest BCUT2D eigenvalue weighted by Gasteiger charge is 1.98. The normalized spacial score (nSPS) is 12.6. The lowest BCUT2D eigenvalue weighted by Gasteiger charge is -2.07. The summed E-state index contributed by atoms with van der Waals surface area (Å²) in [5, 5.41) is 0. The van der Waals surface area contributed by atoms with Gasteiger partial charge < -0.3 is 0 Å². The van der Waals surface area contributed by atoms with Crippen LogP contribution in [-0.2, 0) is 0 Å². The molecule has 0 aliphatic heterocycles. The molecule has 0 amide bonds. The highest BCUT2D eigenvalue weighted by Crippen LogP contribution is 2.16. The predicted molar refractivity (Wildman–Crippen MR) is 122 cm³/mol. The van der Waals surface area contributed by atoms with Crippen molar-refractivity contribution in [1.29, 1.82) is 0 Å². The summed E-state index contributed by atoms with van der Waals surface area (Å²) in [6.07, 6.45) is 32.4. The molecule has 0 aromatic rings. The van der Waals surface area contributed by atoms with Crippen molar-refractivity contribution in [2.75, 3.05) is 0 Å². The second-order valence-electron chi connectivity index (χ2n) is 9.02. The monoisotopic (exact) mass is 366 g/mol. The fraction of sp³-hybridized carbons (Fsp3) is 1.00. The highest BCUT2D eigenvalue weighted by molar-refractivity contribution is 4.53. The van der Waals surface area contributed by atoms with Crippen molar-refractivity contribution in [2.24, 2.45) is 5.92 Å². The third-order valence-corrected chi connectivity index (χ3v) is 6.25. The van der Waals surface area contributed by atoms with E-state index >= 15 is 0 Å². The molecule has 0 rings (SSSR count). The molecule has 0 heteroatoms. The maximum absolute atomic E-state index is 2.40. The second kappa shape index (κ2) is 23.0. The Morgan fingerprint density at radius 2 is 0.654 bits per heavy atom. The SMILES string of the molecule is CCCCCCCCCCCCCCCCCCCCCC[C@@H](C)CC. The lowest BCUT2D eigenvalue weighted by atomic mass is 9.99. The van der Waals surface area contributed by atoms with Gasteiger partial charge in [0.2, 0.25) is 0 Å². The fourth-order valence-corrected chi connectivity index (χ4v) is 3.95. The molecule has 158 valence electrons. The number of hydrogen-bond donors (Lipinski definition) is 0. The summed E-state index contributed by atoms with van der Waals surface area (Å²) in [4.78, 5) is 0. The number of hydrogen-bond acceptors (Lipinski definition) is 0.